The topological polar surface area (TPSA) is 71.4 Å². The van der Waals surface area contributed by atoms with Gasteiger partial charge in [-0.25, -0.2) is 9.48 Å². The second-order valence-electron chi connectivity index (χ2n) is 5.32. The van der Waals surface area contributed by atoms with Crippen molar-refractivity contribution in [2.45, 2.75) is 0 Å². The summed E-state index contributed by atoms with van der Waals surface area (Å²) < 4.78 is 7.02. The number of carbonyl (C=O) groups excluding carboxylic acids is 1. The third-order valence-electron chi connectivity index (χ3n) is 3.67. The van der Waals surface area contributed by atoms with Crippen molar-refractivity contribution < 1.29 is 9.53 Å². The van der Waals surface area contributed by atoms with E-state index in [2.05, 4.69) is 20.6 Å². The molecule has 2 aromatic rings. The Morgan fingerprint density at radius 1 is 1.17 bits per heavy atom. The van der Waals surface area contributed by atoms with Crippen LogP contribution in [0.4, 0.5) is 10.6 Å². The Morgan fingerprint density at radius 2 is 1.96 bits per heavy atom. The second-order valence-corrected chi connectivity index (χ2v) is 5.32. The Balaban J connectivity index is 1.44. The standard InChI is InChI=1S/C16H21N5O2/c22-16(17-7-9-20-10-12-23-13-11-20)18-15-6-8-21(19-15)14-4-2-1-3-5-14/h1-6,8H,7,9-13H2,(H2,17,18,19,22). The Hall–Kier alpha value is -2.38. The van der Waals surface area contributed by atoms with Crippen LogP contribution >= 0.6 is 0 Å². The lowest BCUT2D eigenvalue weighted by Crippen LogP contribution is -2.42. The number of hydrogen-bond acceptors (Lipinski definition) is 4. The van der Waals surface area contributed by atoms with Gasteiger partial charge in [0.15, 0.2) is 5.82 Å². The number of morpholine rings is 1. The molecule has 1 fully saturated rings. The lowest BCUT2D eigenvalue weighted by atomic mass is 10.3. The smallest absolute Gasteiger partial charge is 0.320 e. The van der Waals surface area contributed by atoms with Gasteiger partial charge >= 0.3 is 6.03 Å². The molecule has 2 amide bonds. The van der Waals surface area contributed by atoms with Gasteiger partial charge in [-0.05, 0) is 12.1 Å². The number of ether oxygens (including phenoxy) is 1. The minimum Gasteiger partial charge on any atom is -0.379 e. The third-order valence-corrected chi connectivity index (χ3v) is 3.67. The molecule has 1 aromatic carbocycles. The molecule has 1 aliphatic heterocycles. The minimum absolute atomic E-state index is 0.239. The lowest BCUT2D eigenvalue weighted by Gasteiger charge is -2.26. The molecule has 0 atom stereocenters. The van der Waals surface area contributed by atoms with Gasteiger partial charge in [-0.15, -0.1) is 5.10 Å². The lowest BCUT2D eigenvalue weighted by molar-refractivity contribution is 0.0388. The fourth-order valence-corrected chi connectivity index (χ4v) is 2.43. The molecule has 0 spiro atoms. The van der Waals surface area contributed by atoms with Crippen LogP contribution in [0.3, 0.4) is 0 Å². The van der Waals surface area contributed by atoms with Crippen LogP contribution in [0.1, 0.15) is 0 Å². The molecule has 2 N–H and O–H groups in total. The molecule has 23 heavy (non-hydrogen) atoms. The summed E-state index contributed by atoms with van der Waals surface area (Å²) in [7, 11) is 0. The van der Waals surface area contributed by atoms with Crippen molar-refractivity contribution in [1.82, 2.24) is 20.0 Å². The van der Waals surface area contributed by atoms with E-state index in [1.807, 2.05) is 36.5 Å². The van der Waals surface area contributed by atoms with Crippen molar-refractivity contribution in [3.63, 3.8) is 0 Å². The summed E-state index contributed by atoms with van der Waals surface area (Å²) in [5, 5.41) is 9.93. The molecule has 3 rings (SSSR count). The minimum atomic E-state index is -0.239. The van der Waals surface area contributed by atoms with Crippen LogP contribution in [-0.4, -0.2) is 60.1 Å². The molecule has 0 radical (unpaired) electrons. The van der Waals surface area contributed by atoms with Crippen LogP contribution in [0.25, 0.3) is 5.69 Å². The number of rotatable bonds is 5. The van der Waals surface area contributed by atoms with Crippen LogP contribution in [0.5, 0.6) is 0 Å². The highest BCUT2D eigenvalue weighted by Gasteiger charge is 2.10. The van der Waals surface area contributed by atoms with Crippen LogP contribution in [0.2, 0.25) is 0 Å². The Morgan fingerprint density at radius 3 is 2.74 bits per heavy atom. The summed E-state index contributed by atoms with van der Waals surface area (Å²) in [6.07, 6.45) is 1.82. The largest absolute Gasteiger partial charge is 0.379 e. The number of anilines is 1. The van der Waals surface area contributed by atoms with Crippen LogP contribution in [0, 0.1) is 0 Å². The van der Waals surface area contributed by atoms with Gasteiger partial charge in [0.05, 0.1) is 18.9 Å². The highest BCUT2D eigenvalue weighted by molar-refractivity contribution is 5.88. The summed E-state index contributed by atoms with van der Waals surface area (Å²) >= 11 is 0. The van der Waals surface area contributed by atoms with Gasteiger partial charge in [0, 0.05) is 38.4 Å². The molecular weight excluding hydrogens is 294 g/mol. The van der Waals surface area contributed by atoms with E-state index in [1.54, 1.807) is 10.7 Å². The Bertz CT molecular complexity index is 622. The van der Waals surface area contributed by atoms with E-state index >= 15 is 0 Å². The number of nitrogens with one attached hydrogen (secondary N) is 2. The van der Waals surface area contributed by atoms with Gasteiger partial charge in [-0.2, -0.15) is 0 Å². The summed E-state index contributed by atoms with van der Waals surface area (Å²) in [5.41, 5.74) is 0.952. The van der Waals surface area contributed by atoms with Gasteiger partial charge < -0.3 is 10.1 Å². The average Bonchev–Trinajstić information content (AvgIpc) is 3.05. The quantitative estimate of drug-likeness (QED) is 0.873. The normalized spacial score (nSPS) is 15.3. The SMILES string of the molecule is O=C(NCCN1CCOCC1)Nc1ccn(-c2ccccc2)n1. The third kappa shape index (κ3) is 4.54. The maximum atomic E-state index is 11.9. The van der Waals surface area contributed by atoms with E-state index in [-0.39, 0.29) is 6.03 Å². The molecule has 2 heterocycles. The Labute approximate surface area is 135 Å². The van der Waals surface area contributed by atoms with Crippen LogP contribution < -0.4 is 10.6 Å². The first-order valence-electron chi connectivity index (χ1n) is 7.77. The summed E-state index contributed by atoms with van der Waals surface area (Å²) in [5.74, 6) is 0.526. The monoisotopic (exact) mass is 315 g/mol. The van der Waals surface area contributed by atoms with Crippen molar-refractivity contribution in [2.75, 3.05) is 44.7 Å². The molecule has 122 valence electrons. The molecule has 1 aromatic heterocycles. The van der Waals surface area contributed by atoms with E-state index in [0.717, 1.165) is 38.5 Å². The first kappa shape index (κ1) is 15.5. The summed E-state index contributed by atoms with van der Waals surface area (Å²) in [4.78, 5) is 14.2. The predicted molar refractivity (Wildman–Crippen MR) is 87.8 cm³/mol. The van der Waals surface area contributed by atoms with Crippen molar-refractivity contribution in [3.8, 4) is 5.69 Å². The van der Waals surface area contributed by atoms with Gasteiger partial charge in [0.1, 0.15) is 0 Å². The molecule has 7 nitrogen and oxygen atoms in total. The average molecular weight is 315 g/mol. The van der Waals surface area contributed by atoms with E-state index < -0.39 is 0 Å². The fraction of sp³-hybridized carbons (Fsp3) is 0.375. The number of hydrogen-bond donors (Lipinski definition) is 2. The maximum absolute atomic E-state index is 11.9. The van der Waals surface area contributed by atoms with E-state index in [0.29, 0.717) is 12.4 Å². The molecule has 1 aliphatic rings. The Kier molecular flexibility index (Phi) is 5.23. The first-order valence-corrected chi connectivity index (χ1v) is 7.77. The molecule has 1 saturated heterocycles. The molecule has 0 aliphatic carbocycles. The summed E-state index contributed by atoms with van der Waals surface area (Å²) in [6, 6.07) is 11.3. The number of amides is 2. The second kappa shape index (κ2) is 7.75. The zero-order valence-corrected chi connectivity index (χ0v) is 12.9. The van der Waals surface area contributed by atoms with Crippen molar-refractivity contribution in [2.24, 2.45) is 0 Å². The fourth-order valence-electron chi connectivity index (χ4n) is 2.43. The molecule has 7 heteroatoms. The number of urea groups is 1. The van der Waals surface area contributed by atoms with Crippen LogP contribution in [-0.2, 0) is 4.74 Å². The van der Waals surface area contributed by atoms with Crippen LogP contribution in [0.15, 0.2) is 42.6 Å². The van der Waals surface area contributed by atoms with E-state index in [4.69, 9.17) is 4.74 Å². The van der Waals surface area contributed by atoms with Crippen molar-refractivity contribution in [1.29, 1.82) is 0 Å². The highest BCUT2D eigenvalue weighted by Crippen LogP contribution is 2.09. The summed E-state index contributed by atoms with van der Waals surface area (Å²) in [6.45, 7) is 4.81. The first-order chi connectivity index (χ1) is 11.3. The highest BCUT2D eigenvalue weighted by atomic mass is 16.5. The zero-order chi connectivity index (χ0) is 15.9. The number of aromatic nitrogens is 2. The van der Waals surface area contributed by atoms with Crippen molar-refractivity contribution in [3.05, 3.63) is 42.6 Å². The van der Waals surface area contributed by atoms with Gasteiger partial charge in [-0.1, -0.05) is 18.2 Å². The maximum Gasteiger partial charge on any atom is 0.320 e. The number of benzene rings is 1. The number of nitrogens with zero attached hydrogens (tertiary/aromatic N) is 3. The molecule has 0 saturated carbocycles. The van der Waals surface area contributed by atoms with E-state index in [9.17, 15) is 4.79 Å². The molecule has 0 unspecified atom stereocenters. The zero-order valence-electron chi connectivity index (χ0n) is 12.9. The predicted octanol–water partition coefficient (Wildman–Crippen LogP) is 1.33. The van der Waals surface area contributed by atoms with Gasteiger partial charge in [0.2, 0.25) is 0 Å². The van der Waals surface area contributed by atoms with E-state index in [1.165, 1.54) is 0 Å². The molecule has 0 bridgehead atoms. The van der Waals surface area contributed by atoms with Gasteiger partial charge in [0.25, 0.3) is 0 Å². The number of carbonyl (C=O) groups is 1. The number of para-hydroxylation sites is 1. The van der Waals surface area contributed by atoms with Crippen molar-refractivity contribution >= 4 is 11.8 Å². The molecular formula is C16H21N5O2. The van der Waals surface area contributed by atoms with Gasteiger partial charge in [-0.3, -0.25) is 10.2 Å².